The molecule has 0 aliphatic rings. The lowest BCUT2D eigenvalue weighted by Crippen LogP contribution is -1.95. The highest BCUT2D eigenvalue weighted by molar-refractivity contribution is 7.17. The van der Waals surface area contributed by atoms with E-state index in [4.69, 9.17) is 23.2 Å². The van der Waals surface area contributed by atoms with Crippen LogP contribution < -0.4 is 0 Å². The Bertz CT molecular complexity index is 703. The van der Waals surface area contributed by atoms with Gasteiger partial charge in [-0.3, -0.25) is 0 Å². The van der Waals surface area contributed by atoms with Gasteiger partial charge in [0.2, 0.25) is 0 Å². The first-order valence-corrected chi connectivity index (χ1v) is 7.78. The van der Waals surface area contributed by atoms with Gasteiger partial charge in [0.05, 0.1) is 5.38 Å². The second kappa shape index (κ2) is 5.54. The van der Waals surface area contributed by atoms with Crippen LogP contribution in [0.1, 0.15) is 16.5 Å². The van der Waals surface area contributed by atoms with Gasteiger partial charge in [-0.15, -0.1) is 22.9 Å². The van der Waals surface area contributed by atoms with Crippen LogP contribution >= 0.6 is 34.5 Å². The van der Waals surface area contributed by atoms with Gasteiger partial charge in [-0.1, -0.05) is 48.0 Å². The number of halogens is 2. The summed E-state index contributed by atoms with van der Waals surface area (Å²) in [7, 11) is 0. The van der Waals surface area contributed by atoms with Crippen molar-refractivity contribution in [3.8, 4) is 0 Å². The van der Waals surface area contributed by atoms with E-state index in [9.17, 15) is 0 Å². The van der Waals surface area contributed by atoms with Crippen LogP contribution in [0, 0.1) is 0 Å². The molecule has 0 amide bonds. The molecule has 1 heterocycles. The van der Waals surface area contributed by atoms with Crippen LogP contribution in [-0.2, 0) is 6.42 Å². The van der Waals surface area contributed by atoms with Gasteiger partial charge in [-0.2, -0.15) is 0 Å². The monoisotopic (exact) mass is 306 g/mol. The van der Waals surface area contributed by atoms with E-state index in [0.29, 0.717) is 0 Å². The Morgan fingerprint density at radius 3 is 2.58 bits per heavy atom. The average molecular weight is 307 g/mol. The highest BCUT2D eigenvalue weighted by atomic mass is 35.5. The smallest absolute Gasteiger partial charge is 0.0640 e. The summed E-state index contributed by atoms with van der Waals surface area (Å²) in [6, 6.07) is 16.2. The van der Waals surface area contributed by atoms with E-state index in [-0.39, 0.29) is 5.38 Å². The van der Waals surface area contributed by atoms with E-state index in [1.165, 1.54) is 15.6 Å². The van der Waals surface area contributed by atoms with Crippen molar-refractivity contribution in [3.63, 3.8) is 0 Å². The summed E-state index contributed by atoms with van der Waals surface area (Å²) in [5.41, 5.74) is 2.29. The molecule has 0 spiro atoms. The van der Waals surface area contributed by atoms with Gasteiger partial charge in [0.25, 0.3) is 0 Å². The van der Waals surface area contributed by atoms with E-state index in [0.717, 1.165) is 17.0 Å². The third kappa shape index (κ3) is 2.64. The molecular weight excluding hydrogens is 295 g/mol. The van der Waals surface area contributed by atoms with Crippen molar-refractivity contribution in [3.05, 3.63) is 70.1 Å². The standard InChI is InChI=1S/C16H12Cl2S/c17-14-7-3-1-5-11(14)9-15(18)13-10-19-16-8-4-2-6-12(13)16/h1-8,10,15H,9H2. The first kappa shape index (κ1) is 13.0. The number of thiophene rings is 1. The maximum Gasteiger partial charge on any atom is 0.0640 e. The zero-order chi connectivity index (χ0) is 13.2. The molecule has 0 aliphatic carbocycles. The topological polar surface area (TPSA) is 0 Å². The number of hydrogen-bond acceptors (Lipinski definition) is 1. The summed E-state index contributed by atoms with van der Waals surface area (Å²) in [5.74, 6) is 0. The number of hydrogen-bond donors (Lipinski definition) is 0. The minimum atomic E-state index is -0.0453. The molecule has 1 atom stereocenters. The van der Waals surface area contributed by atoms with E-state index in [2.05, 4.69) is 29.6 Å². The third-order valence-corrected chi connectivity index (χ3v) is 4.95. The van der Waals surface area contributed by atoms with E-state index < -0.39 is 0 Å². The van der Waals surface area contributed by atoms with Crippen molar-refractivity contribution in [2.75, 3.05) is 0 Å². The van der Waals surface area contributed by atoms with Crippen LogP contribution in [0.5, 0.6) is 0 Å². The Hall–Kier alpha value is -1.02. The van der Waals surface area contributed by atoms with Crippen LogP contribution in [0.3, 0.4) is 0 Å². The van der Waals surface area contributed by atoms with Crippen molar-refractivity contribution in [1.82, 2.24) is 0 Å². The number of alkyl halides is 1. The highest BCUT2D eigenvalue weighted by Gasteiger charge is 2.15. The second-order valence-electron chi connectivity index (χ2n) is 4.45. The molecule has 0 saturated heterocycles. The Morgan fingerprint density at radius 1 is 1.00 bits per heavy atom. The Labute approximate surface area is 126 Å². The molecule has 0 nitrogen and oxygen atoms in total. The maximum absolute atomic E-state index is 6.58. The highest BCUT2D eigenvalue weighted by Crippen LogP contribution is 2.36. The van der Waals surface area contributed by atoms with E-state index >= 15 is 0 Å². The summed E-state index contributed by atoms with van der Waals surface area (Å²) in [6.07, 6.45) is 0.752. The Balaban J connectivity index is 1.92. The molecule has 3 heteroatoms. The van der Waals surface area contributed by atoms with Crippen LogP contribution in [0.2, 0.25) is 5.02 Å². The van der Waals surface area contributed by atoms with Gasteiger partial charge in [0, 0.05) is 9.72 Å². The molecule has 96 valence electrons. The second-order valence-corrected chi connectivity index (χ2v) is 6.30. The molecule has 3 rings (SSSR count). The number of rotatable bonds is 3. The van der Waals surface area contributed by atoms with Gasteiger partial charge in [0.1, 0.15) is 0 Å². The molecule has 0 aliphatic heterocycles. The fourth-order valence-electron chi connectivity index (χ4n) is 2.21. The van der Waals surface area contributed by atoms with Gasteiger partial charge in [-0.05, 0) is 40.4 Å². The summed E-state index contributed by atoms with van der Waals surface area (Å²) >= 11 is 14.5. The first-order chi connectivity index (χ1) is 9.25. The Morgan fingerprint density at radius 2 is 1.74 bits per heavy atom. The maximum atomic E-state index is 6.58. The predicted molar refractivity (Wildman–Crippen MR) is 85.6 cm³/mol. The molecule has 1 unspecified atom stereocenters. The number of fused-ring (bicyclic) bond motifs is 1. The molecule has 0 N–H and O–H groups in total. The van der Waals surface area contributed by atoms with Crippen molar-refractivity contribution >= 4 is 44.6 Å². The lowest BCUT2D eigenvalue weighted by molar-refractivity contribution is 0.932. The summed E-state index contributed by atoms with van der Waals surface area (Å²) in [4.78, 5) is 0. The predicted octanol–water partition coefficient (Wildman–Crippen LogP) is 6.08. The van der Waals surface area contributed by atoms with Gasteiger partial charge >= 0.3 is 0 Å². The van der Waals surface area contributed by atoms with Crippen molar-refractivity contribution in [2.45, 2.75) is 11.8 Å². The van der Waals surface area contributed by atoms with Crippen LogP contribution in [0.25, 0.3) is 10.1 Å². The van der Waals surface area contributed by atoms with Crippen LogP contribution in [-0.4, -0.2) is 0 Å². The molecule has 0 saturated carbocycles. The fourth-order valence-corrected chi connectivity index (χ4v) is 3.86. The molecule has 2 aromatic carbocycles. The average Bonchev–Trinajstić information content (AvgIpc) is 2.85. The van der Waals surface area contributed by atoms with Gasteiger partial charge in [0.15, 0.2) is 0 Å². The summed E-state index contributed by atoms with van der Waals surface area (Å²) < 4.78 is 1.28. The fraction of sp³-hybridized carbons (Fsp3) is 0.125. The molecule has 0 bridgehead atoms. The lowest BCUT2D eigenvalue weighted by Gasteiger charge is -2.10. The molecule has 3 aromatic rings. The minimum absolute atomic E-state index is 0.0453. The zero-order valence-corrected chi connectivity index (χ0v) is 12.5. The molecule has 1 aromatic heterocycles. The molecule has 0 radical (unpaired) electrons. The largest absolute Gasteiger partial charge is 0.143 e. The molecule has 19 heavy (non-hydrogen) atoms. The SMILES string of the molecule is Clc1ccccc1CC(Cl)c1csc2ccccc12. The first-order valence-electron chi connectivity index (χ1n) is 6.09. The van der Waals surface area contributed by atoms with Crippen molar-refractivity contribution < 1.29 is 0 Å². The quantitative estimate of drug-likeness (QED) is 0.515. The van der Waals surface area contributed by atoms with Gasteiger partial charge < -0.3 is 0 Å². The third-order valence-electron chi connectivity index (χ3n) is 3.21. The number of benzene rings is 2. The lowest BCUT2D eigenvalue weighted by atomic mass is 10.0. The van der Waals surface area contributed by atoms with E-state index in [1.54, 1.807) is 11.3 Å². The van der Waals surface area contributed by atoms with E-state index in [1.807, 2.05) is 24.3 Å². The van der Waals surface area contributed by atoms with Crippen LogP contribution in [0.4, 0.5) is 0 Å². The molecule has 0 fully saturated rings. The molecular formula is C16H12Cl2S. The summed E-state index contributed by atoms with van der Waals surface area (Å²) in [5, 5.41) is 4.14. The normalized spacial score (nSPS) is 12.7. The van der Waals surface area contributed by atoms with Crippen LogP contribution in [0.15, 0.2) is 53.9 Å². The minimum Gasteiger partial charge on any atom is -0.143 e. The van der Waals surface area contributed by atoms with Crippen molar-refractivity contribution in [1.29, 1.82) is 0 Å². The van der Waals surface area contributed by atoms with Crippen molar-refractivity contribution in [2.24, 2.45) is 0 Å². The van der Waals surface area contributed by atoms with Gasteiger partial charge in [-0.25, -0.2) is 0 Å². The Kier molecular flexibility index (Phi) is 3.79. The zero-order valence-electron chi connectivity index (χ0n) is 10.1. The summed E-state index contributed by atoms with van der Waals surface area (Å²) in [6.45, 7) is 0.